The van der Waals surface area contributed by atoms with Crippen LogP contribution in [0.1, 0.15) is 70.9 Å². The molecule has 2 heteroatoms. The zero-order chi connectivity index (χ0) is 17.3. The van der Waals surface area contributed by atoms with Crippen molar-refractivity contribution in [3.05, 3.63) is 23.3 Å². The molecule has 2 fully saturated rings. The third kappa shape index (κ3) is 1.95. The number of hydrogen-bond acceptors (Lipinski definition) is 2. The Morgan fingerprint density at radius 3 is 2.50 bits per heavy atom. The van der Waals surface area contributed by atoms with Gasteiger partial charge in [0.15, 0.2) is 0 Å². The molecular formula is C22H32O2. The first-order valence-corrected chi connectivity index (χ1v) is 9.63. The van der Waals surface area contributed by atoms with Crippen molar-refractivity contribution >= 4 is 0 Å². The summed E-state index contributed by atoms with van der Waals surface area (Å²) in [6.07, 6.45) is 7.73. The summed E-state index contributed by atoms with van der Waals surface area (Å²) in [5, 5.41) is 10.1. The number of fused-ring (bicyclic) bond motifs is 5. The van der Waals surface area contributed by atoms with Gasteiger partial charge < -0.3 is 9.84 Å². The zero-order valence-electron chi connectivity index (χ0n) is 15.9. The molecule has 1 aromatic rings. The molecule has 0 amide bonds. The number of rotatable bonds is 1. The van der Waals surface area contributed by atoms with E-state index in [-0.39, 0.29) is 5.41 Å². The fourth-order valence-corrected chi connectivity index (χ4v) is 7.25. The molecule has 4 atom stereocenters. The number of benzene rings is 1. The van der Waals surface area contributed by atoms with Gasteiger partial charge in [0.05, 0.1) is 7.11 Å². The summed E-state index contributed by atoms with van der Waals surface area (Å²) in [6, 6.07) is 3.81. The first-order valence-electron chi connectivity index (χ1n) is 9.63. The van der Waals surface area contributed by atoms with E-state index in [1.807, 2.05) is 12.1 Å². The summed E-state index contributed by atoms with van der Waals surface area (Å²) in [4.78, 5) is 0. The number of aromatic hydroxyl groups is 1. The van der Waals surface area contributed by atoms with E-state index in [1.165, 1.54) is 43.2 Å². The first kappa shape index (κ1) is 16.3. The van der Waals surface area contributed by atoms with Gasteiger partial charge in [-0.05, 0) is 66.4 Å². The second-order valence-corrected chi connectivity index (χ2v) is 9.80. The minimum absolute atomic E-state index is 0.188. The molecule has 0 aliphatic heterocycles. The van der Waals surface area contributed by atoms with Crippen LogP contribution in [-0.2, 0) is 11.8 Å². The lowest BCUT2D eigenvalue weighted by molar-refractivity contribution is -0.0984. The maximum atomic E-state index is 10.1. The predicted molar refractivity (Wildman–Crippen MR) is 97.7 cm³/mol. The van der Waals surface area contributed by atoms with E-state index in [2.05, 4.69) is 27.7 Å². The van der Waals surface area contributed by atoms with Crippen LogP contribution in [0.4, 0.5) is 0 Å². The summed E-state index contributed by atoms with van der Waals surface area (Å²) in [7, 11) is 1.74. The SMILES string of the molecule is COc1cc(O)cc2c1[C@]1(C)CC[C@H]3C(C)(C)CCC[C@]3(C)[C@H]1C2. The van der Waals surface area contributed by atoms with E-state index >= 15 is 0 Å². The second-order valence-electron chi connectivity index (χ2n) is 9.80. The van der Waals surface area contributed by atoms with Crippen molar-refractivity contribution in [1.82, 2.24) is 0 Å². The van der Waals surface area contributed by atoms with Crippen molar-refractivity contribution < 1.29 is 9.84 Å². The van der Waals surface area contributed by atoms with Crippen LogP contribution in [-0.4, -0.2) is 12.2 Å². The normalized spacial score (nSPS) is 39.7. The summed E-state index contributed by atoms with van der Waals surface area (Å²) < 4.78 is 5.70. The molecule has 0 unspecified atom stereocenters. The number of ether oxygens (including phenoxy) is 1. The Bertz CT molecular complexity index is 677. The molecule has 0 bridgehead atoms. The Morgan fingerprint density at radius 2 is 1.79 bits per heavy atom. The van der Waals surface area contributed by atoms with Crippen molar-refractivity contribution in [2.75, 3.05) is 7.11 Å². The highest BCUT2D eigenvalue weighted by molar-refractivity contribution is 5.54. The summed E-state index contributed by atoms with van der Waals surface area (Å²) in [5.41, 5.74) is 3.75. The van der Waals surface area contributed by atoms with Crippen LogP contribution in [0.25, 0.3) is 0 Å². The monoisotopic (exact) mass is 328 g/mol. The fraction of sp³-hybridized carbons (Fsp3) is 0.727. The highest BCUT2D eigenvalue weighted by atomic mass is 16.5. The van der Waals surface area contributed by atoms with Gasteiger partial charge in [-0.1, -0.05) is 34.1 Å². The van der Waals surface area contributed by atoms with Crippen molar-refractivity contribution in [2.45, 2.75) is 71.6 Å². The average molecular weight is 328 g/mol. The van der Waals surface area contributed by atoms with Gasteiger partial charge >= 0.3 is 0 Å². The van der Waals surface area contributed by atoms with Gasteiger partial charge in [-0.15, -0.1) is 0 Å². The van der Waals surface area contributed by atoms with Crippen molar-refractivity contribution in [1.29, 1.82) is 0 Å². The van der Waals surface area contributed by atoms with Crippen LogP contribution in [0, 0.1) is 22.7 Å². The maximum Gasteiger partial charge on any atom is 0.126 e. The lowest BCUT2D eigenvalue weighted by Crippen LogP contribution is -2.55. The van der Waals surface area contributed by atoms with E-state index in [9.17, 15) is 5.11 Å². The molecule has 2 nitrogen and oxygen atoms in total. The Balaban J connectivity index is 1.84. The topological polar surface area (TPSA) is 29.5 Å². The highest BCUT2D eigenvalue weighted by Gasteiger charge is 2.61. The zero-order valence-corrected chi connectivity index (χ0v) is 15.9. The van der Waals surface area contributed by atoms with Crippen LogP contribution >= 0.6 is 0 Å². The van der Waals surface area contributed by atoms with Crippen LogP contribution in [0.15, 0.2) is 12.1 Å². The van der Waals surface area contributed by atoms with Gasteiger partial charge in [0.25, 0.3) is 0 Å². The number of phenols is 1. The first-order chi connectivity index (χ1) is 11.2. The number of hydrogen-bond donors (Lipinski definition) is 1. The van der Waals surface area contributed by atoms with Crippen molar-refractivity contribution in [3.8, 4) is 11.5 Å². The molecule has 2 saturated carbocycles. The molecule has 1 aromatic carbocycles. The summed E-state index contributed by atoms with van der Waals surface area (Å²) >= 11 is 0. The Morgan fingerprint density at radius 1 is 1.04 bits per heavy atom. The standard InChI is InChI=1S/C22H32O2/c1-20(2)8-6-9-21(3)17(20)7-10-22(4)18(21)12-14-11-15(23)13-16(24-5)19(14)22/h11,13,17-18,23H,6-10,12H2,1-5H3/t17-,18+,21-,22+/m0/s1. The highest BCUT2D eigenvalue weighted by Crippen LogP contribution is 2.68. The Labute approximate surface area is 146 Å². The molecular weight excluding hydrogens is 296 g/mol. The van der Waals surface area contributed by atoms with E-state index in [0.29, 0.717) is 22.5 Å². The lowest BCUT2D eigenvalue weighted by atomic mass is 9.43. The quantitative estimate of drug-likeness (QED) is 0.742. The minimum atomic E-state index is 0.188. The molecule has 0 saturated heterocycles. The van der Waals surface area contributed by atoms with E-state index in [0.717, 1.165) is 18.1 Å². The van der Waals surface area contributed by atoms with Crippen LogP contribution in [0.2, 0.25) is 0 Å². The second kappa shape index (κ2) is 4.93. The van der Waals surface area contributed by atoms with Crippen LogP contribution in [0.5, 0.6) is 11.5 Å². The molecule has 0 radical (unpaired) electrons. The molecule has 3 aliphatic rings. The fourth-order valence-electron chi connectivity index (χ4n) is 7.25. The van der Waals surface area contributed by atoms with Gasteiger partial charge in [0, 0.05) is 17.0 Å². The third-order valence-corrected chi connectivity index (χ3v) is 8.18. The molecule has 0 spiro atoms. The molecule has 3 aliphatic carbocycles. The Kier molecular flexibility index (Phi) is 3.34. The Hall–Kier alpha value is -1.18. The van der Waals surface area contributed by atoms with Gasteiger partial charge in [-0.2, -0.15) is 0 Å². The van der Waals surface area contributed by atoms with E-state index in [4.69, 9.17) is 4.74 Å². The van der Waals surface area contributed by atoms with Crippen molar-refractivity contribution in [2.24, 2.45) is 22.7 Å². The molecule has 0 aromatic heterocycles. The molecule has 132 valence electrons. The van der Waals surface area contributed by atoms with Gasteiger partial charge in [0.1, 0.15) is 11.5 Å². The predicted octanol–water partition coefficient (Wildman–Crippen LogP) is 5.46. The van der Waals surface area contributed by atoms with Gasteiger partial charge in [-0.3, -0.25) is 0 Å². The van der Waals surface area contributed by atoms with E-state index < -0.39 is 0 Å². The number of phenolic OH excluding ortho intramolecular Hbond substituents is 1. The average Bonchev–Trinajstić information content (AvgIpc) is 2.79. The molecule has 24 heavy (non-hydrogen) atoms. The molecule has 0 heterocycles. The largest absolute Gasteiger partial charge is 0.508 e. The number of methoxy groups -OCH3 is 1. The van der Waals surface area contributed by atoms with E-state index in [1.54, 1.807) is 7.11 Å². The maximum absolute atomic E-state index is 10.1. The smallest absolute Gasteiger partial charge is 0.126 e. The minimum Gasteiger partial charge on any atom is -0.508 e. The summed E-state index contributed by atoms with van der Waals surface area (Å²) in [5.74, 6) is 2.71. The third-order valence-electron chi connectivity index (χ3n) is 8.18. The summed E-state index contributed by atoms with van der Waals surface area (Å²) in [6.45, 7) is 10.0. The van der Waals surface area contributed by atoms with Crippen LogP contribution < -0.4 is 4.74 Å². The lowest BCUT2D eigenvalue weighted by Gasteiger charge is -2.61. The van der Waals surface area contributed by atoms with Crippen LogP contribution in [0.3, 0.4) is 0 Å². The van der Waals surface area contributed by atoms with Gasteiger partial charge in [-0.25, -0.2) is 0 Å². The van der Waals surface area contributed by atoms with Crippen molar-refractivity contribution in [3.63, 3.8) is 0 Å². The van der Waals surface area contributed by atoms with Gasteiger partial charge in [0.2, 0.25) is 0 Å². The molecule has 4 rings (SSSR count). The molecule has 1 N–H and O–H groups in total.